The van der Waals surface area contributed by atoms with Crippen LogP contribution in [0.25, 0.3) is 0 Å². The first-order valence-electron chi connectivity index (χ1n) is 7.66. The van der Waals surface area contributed by atoms with Gasteiger partial charge in [-0.25, -0.2) is 0 Å². The van der Waals surface area contributed by atoms with E-state index in [1.54, 1.807) is 0 Å². The maximum Gasteiger partial charge on any atom is 0.0968 e. The van der Waals surface area contributed by atoms with Crippen LogP contribution in [0.4, 0.5) is 0 Å². The molecule has 98 valence electrons. The molecule has 0 unspecified atom stereocenters. The van der Waals surface area contributed by atoms with Gasteiger partial charge in [0.15, 0.2) is 0 Å². The van der Waals surface area contributed by atoms with Crippen LogP contribution in [0.5, 0.6) is 0 Å². The predicted molar refractivity (Wildman–Crippen MR) is 74.3 cm³/mol. The van der Waals surface area contributed by atoms with Crippen molar-refractivity contribution in [3.63, 3.8) is 0 Å². The molecule has 0 heterocycles. The van der Waals surface area contributed by atoms with Crippen LogP contribution in [-0.4, -0.2) is 12.4 Å². The molecule has 0 saturated heterocycles. The molecule has 2 fully saturated rings. The van der Waals surface area contributed by atoms with E-state index in [9.17, 15) is 0 Å². The van der Waals surface area contributed by atoms with Crippen molar-refractivity contribution >= 4 is 5.84 Å². The first-order valence-corrected chi connectivity index (χ1v) is 7.66. The molecular weight excluding hydrogens is 208 g/mol. The van der Waals surface area contributed by atoms with Crippen molar-refractivity contribution in [3.05, 3.63) is 0 Å². The summed E-state index contributed by atoms with van der Waals surface area (Å²) in [5, 5.41) is 0. The van der Waals surface area contributed by atoms with Gasteiger partial charge in [0.1, 0.15) is 0 Å². The normalized spacial score (nSPS) is 25.1. The summed E-state index contributed by atoms with van der Waals surface area (Å²) in [7, 11) is 0. The molecule has 0 aliphatic heterocycles. The Morgan fingerprint density at radius 3 is 2.12 bits per heavy atom. The van der Waals surface area contributed by atoms with Crippen molar-refractivity contribution in [2.75, 3.05) is 6.54 Å². The van der Waals surface area contributed by atoms with E-state index >= 15 is 0 Å². The monoisotopic (exact) mass is 236 g/mol. The van der Waals surface area contributed by atoms with E-state index in [1.807, 2.05) is 0 Å². The standard InChI is InChI=1S/C15H28N2/c16-15(14-9-5-2-6-10-14)17-12-11-13-7-3-1-4-8-13/h13-14H,1-12H2,(H2,16,17). The number of hydrogen-bond donors (Lipinski definition) is 1. The molecule has 2 rings (SSSR count). The number of aliphatic imine (C=N–C) groups is 1. The van der Waals surface area contributed by atoms with Crippen LogP contribution in [0, 0.1) is 11.8 Å². The SMILES string of the molecule is NC(=NCCC1CCCCC1)C1CCCCC1. The Morgan fingerprint density at radius 2 is 1.47 bits per heavy atom. The smallest absolute Gasteiger partial charge is 0.0968 e. The molecule has 0 aromatic rings. The van der Waals surface area contributed by atoms with E-state index in [4.69, 9.17) is 5.73 Å². The summed E-state index contributed by atoms with van der Waals surface area (Å²) in [5.74, 6) is 2.50. The van der Waals surface area contributed by atoms with Crippen molar-refractivity contribution in [2.24, 2.45) is 22.6 Å². The number of nitrogens with zero attached hydrogens (tertiary/aromatic N) is 1. The van der Waals surface area contributed by atoms with Crippen LogP contribution in [0.1, 0.15) is 70.6 Å². The van der Waals surface area contributed by atoms with Crippen LogP contribution < -0.4 is 5.73 Å². The molecule has 2 aliphatic carbocycles. The third-order valence-electron chi connectivity index (χ3n) is 4.58. The second-order valence-corrected chi connectivity index (χ2v) is 5.93. The average Bonchev–Trinajstić information content (AvgIpc) is 2.41. The van der Waals surface area contributed by atoms with E-state index in [0.717, 1.165) is 18.3 Å². The quantitative estimate of drug-likeness (QED) is 0.583. The summed E-state index contributed by atoms with van der Waals surface area (Å²) in [4.78, 5) is 4.64. The summed E-state index contributed by atoms with van der Waals surface area (Å²) in [6.07, 6.45) is 15.1. The molecular formula is C15H28N2. The highest BCUT2D eigenvalue weighted by molar-refractivity contribution is 5.82. The van der Waals surface area contributed by atoms with Gasteiger partial charge >= 0.3 is 0 Å². The molecule has 0 spiro atoms. The van der Waals surface area contributed by atoms with E-state index in [0.29, 0.717) is 5.92 Å². The zero-order chi connectivity index (χ0) is 11.9. The molecule has 2 N–H and O–H groups in total. The van der Waals surface area contributed by atoms with Crippen LogP contribution >= 0.6 is 0 Å². The van der Waals surface area contributed by atoms with Gasteiger partial charge in [0.05, 0.1) is 5.84 Å². The minimum atomic E-state index is 0.607. The number of amidine groups is 1. The van der Waals surface area contributed by atoms with E-state index in [-0.39, 0.29) is 0 Å². The fraction of sp³-hybridized carbons (Fsp3) is 0.933. The van der Waals surface area contributed by atoms with Crippen LogP contribution in [0.2, 0.25) is 0 Å². The number of hydrogen-bond acceptors (Lipinski definition) is 1. The Balaban J connectivity index is 1.67. The lowest BCUT2D eigenvalue weighted by atomic mass is 9.87. The van der Waals surface area contributed by atoms with Crippen LogP contribution in [0.15, 0.2) is 4.99 Å². The fourth-order valence-corrected chi connectivity index (χ4v) is 3.38. The minimum absolute atomic E-state index is 0.607. The van der Waals surface area contributed by atoms with Gasteiger partial charge in [0.25, 0.3) is 0 Å². The lowest BCUT2D eigenvalue weighted by molar-refractivity contribution is 0.343. The molecule has 0 atom stereocenters. The predicted octanol–water partition coefficient (Wildman–Crippen LogP) is 3.89. The fourth-order valence-electron chi connectivity index (χ4n) is 3.38. The van der Waals surface area contributed by atoms with Crippen molar-refractivity contribution in [2.45, 2.75) is 70.6 Å². The topological polar surface area (TPSA) is 38.4 Å². The second-order valence-electron chi connectivity index (χ2n) is 5.93. The summed E-state index contributed by atoms with van der Waals surface area (Å²) < 4.78 is 0. The minimum Gasteiger partial charge on any atom is -0.387 e. The van der Waals surface area contributed by atoms with Crippen molar-refractivity contribution in [1.29, 1.82) is 0 Å². The van der Waals surface area contributed by atoms with Gasteiger partial charge in [-0.3, -0.25) is 4.99 Å². The van der Waals surface area contributed by atoms with Gasteiger partial charge < -0.3 is 5.73 Å². The molecule has 2 saturated carbocycles. The first-order chi connectivity index (χ1) is 8.36. The Bertz CT molecular complexity index is 235. The molecule has 0 bridgehead atoms. The van der Waals surface area contributed by atoms with E-state index in [1.165, 1.54) is 70.6 Å². The van der Waals surface area contributed by atoms with E-state index in [2.05, 4.69) is 4.99 Å². The summed E-state index contributed by atoms with van der Waals surface area (Å²) in [6, 6.07) is 0. The zero-order valence-electron chi connectivity index (χ0n) is 11.2. The lowest BCUT2D eigenvalue weighted by Crippen LogP contribution is -2.26. The van der Waals surface area contributed by atoms with Crippen LogP contribution in [-0.2, 0) is 0 Å². The highest BCUT2D eigenvalue weighted by Gasteiger charge is 2.17. The molecule has 17 heavy (non-hydrogen) atoms. The van der Waals surface area contributed by atoms with Gasteiger partial charge in [-0.2, -0.15) is 0 Å². The summed E-state index contributed by atoms with van der Waals surface area (Å²) in [6.45, 7) is 0.979. The zero-order valence-corrected chi connectivity index (χ0v) is 11.2. The van der Waals surface area contributed by atoms with E-state index < -0.39 is 0 Å². The largest absolute Gasteiger partial charge is 0.387 e. The Morgan fingerprint density at radius 1 is 0.882 bits per heavy atom. The van der Waals surface area contributed by atoms with Gasteiger partial charge in [0, 0.05) is 12.5 Å². The summed E-state index contributed by atoms with van der Waals surface area (Å²) in [5.41, 5.74) is 6.11. The molecule has 2 heteroatoms. The first kappa shape index (κ1) is 12.9. The molecule has 0 aromatic carbocycles. The van der Waals surface area contributed by atoms with Gasteiger partial charge in [-0.05, 0) is 25.2 Å². The third-order valence-corrected chi connectivity index (χ3v) is 4.58. The highest BCUT2D eigenvalue weighted by Crippen LogP contribution is 2.27. The maximum absolute atomic E-state index is 6.11. The Hall–Kier alpha value is -0.530. The molecule has 0 amide bonds. The number of rotatable bonds is 4. The Labute approximate surface area is 106 Å². The lowest BCUT2D eigenvalue weighted by Gasteiger charge is -2.22. The molecule has 2 aliphatic rings. The molecule has 0 radical (unpaired) electrons. The molecule has 0 aromatic heterocycles. The maximum atomic E-state index is 6.11. The van der Waals surface area contributed by atoms with Gasteiger partial charge in [0.2, 0.25) is 0 Å². The van der Waals surface area contributed by atoms with Crippen LogP contribution in [0.3, 0.4) is 0 Å². The van der Waals surface area contributed by atoms with Gasteiger partial charge in [-0.15, -0.1) is 0 Å². The second kappa shape index (κ2) is 7.03. The highest BCUT2D eigenvalue weighted by atomic mass is 14.9. The van der Waals surface area contributed by atoms with Gasteiger partial charge in [-0.1, -0.05) is 51.4 Å². The van der Waals surface area contributed by atoms with Crippen molar-refractivity contribution in [1.82, 2.24) is 0 Å². The van der Waals surface area contributed by atoms with Crippen molar-refractivity contribution in [3.8, 4) is 0 Å². The Kier molecular flexibility index (Phi) is 5.34. The average molecular weight is 236 g/mol. The number of nitrogens with two attached hydrogens (primary N) is 1. The third kappa shape index (κ3) is 4.33. The summed E-state index contributed by atoms with van der Waals surface area (Å²) >= 11 is 0. The molecule has 2 nitrogen and oxygen atoms in total. The van der Waals surface area contributed by atoms with Crippen molar-refractivity contribution < 1.29 is 0 Å².